The summed E-state index contributed by atoms with van der Waals surface area (Å²) < 4.78 is 5.31. The molecule has 156 valence electrons. The van der Waals surface area contributed by atoms with Crippen molar-refractivity contribution in [2.75, 3.05) is 4.90 Å². The number of carbonyl (C=O) groups excluding carboxylic acids is 2. The first kappa shape index (κ1) is 19.4. The lowest BCUT2D eigenvalue weighted by Crippen LogP contribution is -2.39. The molecule has 0 N–H and O–H groups in total. The summed E-state index contributed by atoms with van der Waals surface area (Å²) in [6.45, 7) is 3.95. The van der Waals surface area contributed by atoms with E-state index in [9.17, 15) is 9.59 Å². The molecule has 5 rings (SSSR count). The highest BCUT2D eigenvalue weighted by Gasteiger charge is 2.55. The number of aryl methyl sites for hydroxylation is 2. The summed E-state index contributed by atoms with van der Waals surface area (Å²) in [5.41, 5.74) is 3.23. The van der Waals surface area contributed by atoms with E-state index in [-0.39, 0.29) is 18.3 Å². The summed E-state index contributed by atoms with van der Waals surface area (Å²) in [4.78, 5) is 31.5. The molecule has 2 amide bonds. The second-order valence-corrected chi connectivity index (χ2v) is 7.87. The number of hydrogen-bond acceptors (Lipinski definition) is 8. The van der Waals surface area contributed by atoms with Crippen LogP contribution in [0.2, 0.25) is 5.02 Å². The van der Waals surface area contributed by atoms with E-state index >= 15 is 0 Å². The zero-order valence-electron chi connectivity index (χ0n) is 16.7. The fraction of sp³-hybridized carbons (Fsp3) is 0.238. The number of imide groups is 1. The smallest absolute Gasteiger partial charge is 0.263 e. The molecule has 1 fully saturated rings. The Morgan fingerprint density at radius 3 is 2.65 bits per heavy atom. The summed E-state index contributed by atoms with van der Waals surface area (Å²) in [7, 11) is 0. The van der Waals surface area contributed by atoms with Crippen LogP contribution in [-0.4, -0.2) is 39.0 Å². The summed E-state index contributed by atoms with van der Waals surface area (Å²) in [5, 5.41) is 13.9. The van der Waals surface area contributed by atoms with Crippen LogP contribution in [0.4, 0.5) is 5.69 Å². The maximum Gasteiger partial charge on any atom is 0.263 e. The van der Waals surface area contributed by atoms with Crippen LogP contribution in [-0.2, 0) is 16.1 Å². The minimum absolute atomic E-state index is 0.0436. The van der Waals surface area contributed by atoms with Crippen molar-refractivity contribution in [1.82, 2.24) is 15.1 Å². The number of fused-ring (bicyclic) bond motifs is 1. The molecule has 9 nitrogen and oxygen atoms in total. The van der Waals surface area contributed by atoms with E-state index in [1.54, 1.807) is 18.2 Å². The zero-order valence-corrected chi connectivity index (χ0v) is 17.4. The third kappa shape index (κ3) is 3.17. The van der Waals surface area contributed by atoms with Crippen molar-refractivity contribution in [3.63, 3.8) is 0 Å². The molecular weight excluding hydrogens is 420 g/mol. The molecule has 31 heavy (non-hydrogen) atoms. The molecule has 2 aromatic carbocycles. The van der Waals surface area contributed by atoms with Crippen molar-refractivity contribution in [3.05, 3.63) is 64.5 Å². The molecule has 10 heteroatoms. The lowest BCUT2D eigenvalue weighted by atomic mass is 10.1. The molecule has 0 saturated carbocycles. The second-order valence-electron chi connectivity index (χ2n) is 7.46. The van der Waals surface area contributed by atoms with E-state index in [2.05, 4.69) is 20.5 Å². The predicted molar refractivity (Wildman–Crippen MR) is 111 cm³/mol. The molecule has 0 aliphatic carbocycles. The van der Waals surface area contributed by atoms with Gasteiger partial charge in [-0.15, -0.1) is 0 Å². The van der Waals surface area contributed by atoms with E-state index in [4.69, 9.17) is 16.1 Å². The van der Waals surface area contributed by atoms with Crippen LogP contribution in [0.1, 0.15) is 17.0 Å². The highest BCUT2D eigenvalue weighted by Crippen LogP contribution is 2.33. The van der Waals surface area contributed by atoms with Crippen molar-refractivity contribution in [1.29, 1.82) is 0 Å². The number of rotatable bonds is 4. The first-order valence-electron chi connectivity index (χ1n) is 9.64. The Labute approximate surface area is 182 Å². The average molecular weight is 437 g/mol. The van der Waals surface area contributed by atoms with E-state index < -0.39 is 18.0 Å². The molecule has 0 unspecified atom stereocenters. The van der Waals surface area contributed by atoms with Crippen LogP contribution in [0.3, 0.4) is 0 Å². The Balaban J connectivity index is 1.38. The predicted octanol–water partition coefficient (Wildman–Crippen LogP) is 3.50. The third-order valence-electron chi connectivity index (χ3n) is 5.49. The molecule has 1 saturated heterocycles. The first-order valence-corrected chi connectivity index (χ1v) is 10.0. The number of benzene rings is 2. The number of nitrogens with zero attached hydrogens (tertiary/aromatic N) is 6. The summed E-state index contributed by atoms with van der Waals surface area (Å²) >= 11 is 6.19. The molecule has 2 atom stereocenters. The minimum Gasteiger partial charge on any atom is -0.337 e. The molecular formula is C21H17ClN6O3. The Kier molecular flexibility index (Phi) is 4.55. The van der Waals surface area contributed by atoms with Gasteiger partial charge < -0.3 is 4.52 Å². The largest absolute Gasteiger partial charge is 0.337 e. The van der Waals surface area contributed by atoms with Crippen LogP contribution >= 0.6 is 11.6 Å². The number of aromatic nitrogens is 2. The molecule has 1 aromatic heterocycles. The maximum atomic E-state index is 13.1. The van der Waals surface area contributed by atoms with E-state index in [1.807, 2.05) is 38.1 Å². The van der Waals surface area contributed by atoms with Gasteiger partial charge in [0.05, 0.1) is 10.7 Å². The highest BCUT2D eigenvalue weighted by atomic mass is 35.5. The molecule has 0 spiro atoms. The lowest BCUT2D eigenvalue weighted by molar-refractivity contribution is -0.123. The number of hydrogen-bond donors (Lipinski definition) is 0. The normalized spacial score (nSPS) is 20.1. The summed E-state index contributed by atoms with van der Waals surface area (Å²) in [6.07, 6.45) is 0. The quantitative estimate of drug-likeness (QED) is 0.580. The van der Waals surface area contributed by atoms with Gasteiger partial charge in [-0.3, -0.25) is 14.6 Å². The van der Waals surface area contributed by atoms with Crippen molar-refractivity contribution in [2.24, 2.45) is 10.3 Å². The van der Waals surface area contributed by atoms with Crippen LogP contribution < -0.4 is 4.90 Å². The SMILES string of the molecule is Cc1ccc(N2C(=O)[C@@H]3[C@@H](N=NN3Cc3nc(-c4ccccc4Cl)no3)C2=O)cc1C. The summed E-state index contributed by atoms with van der Waals surface area (Å²) in [5.74, 6) is -0.209. The van der Waals surface area contributed by atoms with Gasteiger partial charge in [-0.2, -0.15) is 10.1 Å². The number of anilines is 1. The molecule has 3 aromatic rings. The number of carbonyl (C=O) groups is 2. The fourth-order valence-electron chi connectivity index (χ4n) is 3.68. The van der Waals surface area contributed by atoms with Crippen LogP contribution in [0, 0.1) is 13.8 Å². The Morgan fingerprint density at radius 2 is 1.87 bits per heavy atom. The van der Waals surface area contributed by atoms with Gasteiger partial charge in [-0.05, 0) is 49.2 Å². The van der Waals surface area contributed by atoms with Gasteiger partial charge in [0.25, 0.3) is 11.8 Å². The molecule has 0 bridgehead atoms. The maximum absolute atomic E-state index is 13.1. The molecule has 2 aliphatic heterocycles. The van der Waals surface area contributed by atoms with Crippen molar-refractivity contribution in [3.8, 4) is 11.4 Å². The first-order chi connectivity index (χ1) is 14.9. The van der Waals surface area contributed by atoms with Crippen LogP contribution in [0.15, 0.2) is 57.3 Å². The third-order valence-corrected chi connectivity index (χ3v) is 5.82. The van der Waals surface area contributed by atoms with Gasteiger partial charge in [0.2, 0.25) is 11.7 Å². The molecule has 3 heterocycles. The van der Waals surface area contributed by atoms with Crippen LogP contribution in [0.25, 0.3) is 11.4 Å². The Hall–Kier alpha value is -3.59. The van der Waals surface area contributed by atoms with Crippen LogP contribution in [0.5, 0.6) is 0 Å². The number of amides is 2. The second kappa shape index (κ2) is 7.28. The molecule has 0 radical (unpaired) electrons. The molecule has 2 aliphatic rings. The van der Waals surface area contributed by atoms with Gasteiger partial charge in [-0.1, -0.05) is 40.2 Å². The van der Waals surface area contributed by atoms with Gasteiger partial charge in [0, 0.05) is 5.56 Å². The zero-order chi connectivity index (χ0) is 21.7. The van der Waals surface area contributed by atoms with Gasteiger partial charge in [0.1, 0.15) is 6.54 Å². The van der Waals surface area contributed by atoms with E-state index in [1.165, 1.54) is 9.91 Å². The lowest BCUT2D eigenvalue weighted by Gasteiger charge is -2.19. The standard InChI is InChI=1S/C21H17ClN6O3/c1-11-7-8-13(9-12(11)2)28-20(29)17-18(21(28)30)27(26-24-17)10-16-23-19(25-31-16)14-5-3-4-6-15(14)22/h3-9,17-18H,10H2,1-2H3/t17-,18+/m1/s1. The number of halogens is 1. The average Bonchev–Trinajstić information content (AvgIpc) is 3.43. The van der Waals surface area contributed by atoms with E-state index in [0.717, 1.165) is 11.1 Å². The van der Waals surface area contributed by atoms with Gasteiger partial charge in [0.15, 0.2) is 12.1 Å². The Morgan fingerprint density at radius 1 is 1.06 bits per heavy atom. The van der Waals surface area contributed by atoms with Gasteiger partial charge >= 0.3 is 0 Å². The van der Waals surface area contributed by atoms with Gasteiger partial charge in [-0.25, -0.2) is 4.90 Å². The van der Waals surface area contributed by atoms with Crippen molar-refractivity contribution in [2.45, 2.75) is 32.5 Å². The fourth-order valence-corrected chi connectivity index (χ4v) is 3.90. The topological polar surface area (TPSA) is 104 Å². The Bertz CT molecular complexity index is 1240. The van der Waals surface area contributed by atoms with E-state index in [0.29, 0.717) is 22.1 Å². The minimum atomic E-state index is -0.889. The highest BCUT2D eigenvalue weighted by molar-refractivity contribution is 6.33. The van der Waals surface area contributed by atoms with Crippen molar-refractivity contribution < 1.29 is 14.1 Å². The monoisotopic (exact) mass is 436 g/mol. The van der Waals surface area contributed by atoms with Crippen molar-refractivity contribution >= 4 is 29.1 Å². The summed E-state index contributed by atoms with van der Waals surface area (Å²) in [6, 6.07) is 10.9.